The van der Waals surface area contributed by atoms with E-state index in [4.69, 9.17) is 11.6 Å². The van der Waals surface area contributed by atoms with Gasteiger partial charge in [-0.05, 0) is 49.6 Å². The molecule has 1 aliphatic carbocycles. The van der Waals surface area contributed by atoms with Crippen molar-refractivity contribution in [1.29, 1.82) is 0 Å². The highest BCUT2D eigenvalue weighted by Crippen LogP contribution is 2.44. The number of pyridine rings is 1. The zero-order valence-corrected chi connectivity index (χ0v) is 15.7. The first-order valence-electron chi connectivity index (χ1n) is 8.98. The van der Waals surface area contributed by atoms with Crippen LogP contribution in [0.2, 0.25) is 5.02 Å². The molecule has 0 spiro atoms. The van der Waals surface area contributed by atoms with Gasteiger partial charge in [0.1, 0.15) is 5.82 Å². The quantitative estimate of drug-likeness (QED) is 0.703. The van der Waals surface area contributed by atoms with Crippen molar-refractivity contribution in [2.45, 2.75) is 37.6 Å². The average molecular weight is 382 g/mol. The van der Waals surface area contributed by atoms with Crippen molar-refractivity contribution in [3.05, 3.63) is 65.2 Å². The van der Waals surface area contributed by atoms with Crippen LogP contribution < -0.4 is 5.32 Å². The number of carbonyl (C=O) groups excluding carboxylic acids is 1. The number of benzene rings is 1. The molecule has 1 unspecified atom stereocenters. The Labute approximate surface area is 162 Å². The number of H-pyrrole nitrogens is 1. The summed E-state index contributed by atoms with van der Waals surface area (Å²) in [6, 6.07) is 11.0. The maximum atomic E-state index is 13.1. The molecule has 6 nitrogen and oxygen atoms in total. The molecule has 2 N–H and O–H groups in total. The van der Waals surface area contributed by atoms with Gasteiger partial charge in [0.25, 0.3) is 0 Å². The fourth-order valence-electron chi connectivity index (χ4n) is 3.44. The summed E-state index contributed by atoms with van der Waals surface area (Å²) in [7, 11) is 0. The van der Waals surface area contributed by atoms with Gasteiger partial charge in [-0.15, -0.1) is 0 Å². The maximum absolute atomic E-state index is 13.1. The van der Waals surface area contributed by atoms with Crippen molar-refractivity contribution < 1.29 is 4.79 Å². The predicted molar refractivity (Wildman–Crippen MR) is 103 cm³/mol. The van der Waals surface area contributed by atoms with Crippen LogP contribution in [0.25, 0.3) is 11.4 Å². The number of amides is 1. The summed E-state index contributed by atoms with van der Waals surface area (Å²) in [5, 5.41) is 10.9. The van der Waals surface area contributed by atoms with E-state index in [-0.39, 0.29) is 11.9 Å². The molecule has 1 saturated carbocycles. The largest absolute Gasteiger partial charge is 0.346 e. The monoisotopic (exact) mass is 381 g/mol. The summed E-state index contributed by atoms with van der Waals surface area (Å²) in [5.41, 5.74) is 1.36. The molecular formula is C20H20ClN5O. The highest BCUT2D eigenvalue weighted by atomic mass is 35.5. The SMILES string of the molecule is CC(NC(=O)C1(c2ccc(Cl)cc2)CCC1)c1nc(-c2cccnc2)n[nH]1. The number of nitrogens with zero attached hydrogens (tertiary/aromatic N) is 3. The standard InChI is InChI=1S/C20H20ClN5O/c1-13(17-24-18(26-25-17)14-4-2-11-22-12-14)23-19(27)20(9-3-10-20)15-5-7-16(21)8-6-15/h2,4-8,11-13H,3,9-10H2,1H3,(H,23,27)(H,24,25,26). The number of aromatic amines is 1. The topological polar surface area (TPSA) is 83.6 Å². The minimum absolute atomic E-state index is 0.0166. The second-order valence-corrected chi connectivity index (χ2v) is 7.36. The molecular weight excluding hydrogens is 362 g/mol. The number of nitrogens with one attached hydrogen (secondary N) is 2. The number of rotatable bonds is 5. The Morgan fingerprint density at radius 3 is 2.67 bits per heavy atom. The molecule has 2 heterocycles. The predicted octanol–water partition coefficient (Wildman–Crippen LogP) is 3.82. The molecule has 2 aromatic heterocycles. The van der Waals surface area contributed by atoms with Gasteiger partial charge in [-0.25, -0.2) is 4.98 Å². The van der Waals surface area contributed by atoms with Crippen LogP contribution in [-0.2, 0) is 10.2 Å². The Bertz CT molecular complexity index is 935. The molecule has 1 amide bonds. The minimum Gasteiger partial charge on any atom is -0.346 e. The number of carbonyl (C=O) groups is 1. The molecule has 4 rings (SSSR count). The van der Waals surface area contributed by atoms with Crippen LogP contribution >= 0.6 is 11.6 Å². The number of hydrogen-bond donors (Lipinski definition) is 2. The average Bonchev–Trinajstić information content (AvgIpc) is 3.13. The van der Waals surface area contributed by atoms with Crippen molar-refractivity contribution in [2.75, 3.05) is 0 Å². The molecule has 1 aromatic carbocycles. The summed E-state index contributed by atoms with van der Waals surface area (Å²) >= 11 is 6.00. The maximum Gasteiger partial charge on any atom is 0.231 e. The van der Waals surface area contributed by atoms with E-state index < -0.39 is 5.41 Å². The highest BCUT2D eigenvalue weighted by Gasteiger charge is 2.46. The lowest BCUT2D eigenvalue weighted by Crippen LogP contribution is -2.49. The van der Waals surface area contributed by atoms with E-state index in [0.29, 0.717) is 16.7 Å². The Balaban J connectivity index is 1.50. The van der Waals surface area contributed by atoms with Crippen LogP contribution in [0.5, 0.6) is 0 Å². The molecule has 1 atom stereocenters. The van der Waals surface area contributed by atoms with Gasteiger partial charge >= 0.3 is 0 Å². The molecule has 0 radical (unpaired) electrons. The molecule has 0 saturated heterocycles. The van der Waals surface area contributed by atoms with E-state index in [1.165, 1.54) is 0 Å². The zero-order chi connectivity index (χ0) is 18.9. The fourth-order valence-corrected chi connectivity index (χ4v) is 3.57. The van der Waals surface area contributed by atoms with Gasteiger partial charge in [0.2, 0.25) is 5.91 Å². The molecule has 1 aliphatic rings. The van der Waals surface area contributed by atoms with E-state index in [1.54, 1.807) is 12.4 Å². The van der Waals surface area contributed by atoms with Crippen LogP contribution in [0, 0.1) is 0 Å². The normalized spacial score (nSPS) is 16.4. The third-order valence-electron chi connectivity index (χ3n) is 5.22. The summed E-state index contributed by atoms with van der Waals surface area (Å²) in [6.45, 7) is 1.90. The summed E-state index contributed by atoms with van der Waals surface area (Å²) in [6.07, 6.45) is 6.13. The van der Waals surface area contributed by atoms with Crippen molar-refractivity contribution >= 4 is 17.5 Å². The Kier molecular flexibility index (Phi) is 4.66. The molecule has 0 bridgehead atoms. The minimum atomic E-state index is -0.481. The van der Waals surface area contributed by atoms with Crippen LogP contribution in [0.3, 0.4) is 0 Å². The fraction of sp³-hybridized carbons (Fsp3) is 0.300. The Morgan fingerprint density at radius 2 is 2.04 bits per heavy atom. The summed E-state index contributed by atoms with van der Waals surface area (Å²) in [4.78, 5) is 21.7. The second-order valence-electron chi connectivity index (χ2n) is 6.92. The third-order valence-corrected chi connectivity index (χ3v) is 5.47. The van der Waals surface area contributed by atoms with Crippen molar-refractivity contribution in [1.82, 2.24) is 25.5 Å². The van der Waals surface area contributed by atoms with Crippen LogP contribution in [0.15, 0.2) is 48.8 Å². The molecule has 27 heavy (non-hydrogen) atoms. The van der Waals surface area contributed by atoms with Gasteiger partial charge in [-0.1, -0.05) is 30.2 Å². The first-order valence-corrected chi connectivity index (χ1v) is 9.36. The van der Waals surface area contributed by atoms with Crippen LogP contribution in [0.4, 0.5) is 0 Å². The molecule has 138 valence electrons. The van der Waals surface area contributed by atoms with Gasteiger partial charge < -0.3 is 5.32 Å². The van der Waals surface area contributed by atoms with Crippen molar-refractivity contribution in [2.24, 2.45) is 0 Å². The zero-order valence-electron chi connectivity index (χ0n) is 14.9. The smallest absolute Gasteiger partial charge is 0.231 e. The van der Waals surface area contributed by atoms with Crippen molar-refractivity contribution in [3.63, 3.8) is 0 Å². The van der Waals surface area contributed by atoms with Gasteiger partial charge in [0.15, 0.2) is 5.82 Å². The van der Waals surface area contributed by atoms with E-state index in [2.05, 4.69) is 25.5 Å². The van der Waals surface area contributed by atoms with Crippen LogP contribution in [-0.4, -0.2) is 26.1 Å². The lowest BCUT2D eigenvalue weighted by Gasteiger charge is -2.41. The Hall–Kier alpha value is -2.73. The van der Waals surface area contributed by atoms with Crippen LogP contribution in [0.1, 0.15) is 43.6 Å². The third kappa shape index (κ3) is 3.32. The summed E-state index contributed by atoms with van der Waals surface area (Å²) in [5.74, 6) is 1.20. The van der Waals surface area contributed by atoms with Crippen molar-refractivity contribution in [3.8, 4) is 11.4 Å². The first kappa shape index (κ1) is 17.7. The van der Waals surface area contributed by atoms with Gasteiger partial charge in [0.05, 0.1) is 11.5 Å². The summed E-state index contributed by atoms with van der Waals surface area (Å²) < 4.78 is 0. The number of halogens is 1. The Morgan fingerprint density at radius 1 is 1.26 bits per heavy atom. The lowest BCUT2D eigenvalue weighted by molar-refractivity contribution is -0.130. The van der Waals surface area contributed by atoms with Gasteiger partial charge in [-0.2, -0.15) is 5.10 Å². The molecule has 1 fully saturated rings. The van der Waals surface area contributed by atoms with Gasteiger partial charge in [-0.3, -0.25) is 14.9 Å². The van der Waals surface area contributed by atoms with E-state index in [0.717, 1.165) is 30.4 Å². The number of hydrogen-bond acceptors (Lipinski definition) is 4. The molecule has 7 heteroatoms. The van der Waals surface area contributed by atoms with E-state index in [1.807, 2.05) is 43.3 Å². The van der Waals surface area contributed by atoms with E-state index >= 15 is 0 Å². The lowest BCUT2D eigenvalue weighted by atomic mass is 9.63. The highest BCUT2D eigenvalue weighted by molar-refractivity contribution is 6.30. The number of aromatic nitrogens is 4. The first-order chi connectivity index (χ1) is 13.1. The van der Waals surface area contributed by atoms with E-state index in [9.17, 15) is 4.79 Å². The molecule has 3 aromatic rings. The second kappa shape index (κ2) is 7.12. The van der Waals surface area contributed by atoms with Gasteiger partial charge in [0, 0.05) is 23.0 Å². The molecule has 0 aliphatic heterocycles.